The standard InChI is InChI=1S/C30H37N7O4S/c1-29(2)13-11-21-5-4-17-31-23-6-3-7-26(32-23)42(39,40)35-28(38)22-8-9-24(33-27(22)37(21)29)36-18-12-25(34-36)41-19-20-10-14-30(20)15-16-30/h3,6-9,12,18,20-21H,4-5,10-11,13-17,19H2,1-2H3,(H,31,32)(H,35,38). The summed E-state index contributed by atoms with van der Waals surface area (Å²) in [5.41, 5.74) is 0.438. The number of anilines is 2. The van der Waals surface area contributed by atoms with Crippen LogP contribution in [0.5, 0.6) is 5.88 Å². The number of fused-ring (bicyclic) bond motifs is 5. The summed E-state index contributed by atoms with van der Waals surface area (Å²) in [6, 6.07) is 10.0. The first kappa shape index (κ1) is 27.2. The molecule has 1 saturated heterocycles. The van der Waals surface area contributed by atoms with Gasteiger partial charge in [0.15, 0.2) is 10.8 Å². The molecule has 0 aromatic carbocycles. The van der Waals surface area contributed by atoms with E-state index in [1.165, 1.54) is 31.7 Å². The van der Waals surface area contributed by atoms with E-state index >= 15 is 0 Å². The van der Waals surface area contributed by atoms with Crippen molar-refractivity contribution in [2.45, 2.75) is 81.8 Å². The Morgan fingerprint density at radius 1 is 1.02 bits per heavy atom. The van der Waals surface area contributed by atoms with Gasteiger partial charge in [0.05, 0.1) is 12.2 Å². The molecule has 2 unspecified atom stereocenters. The Bertz CT molecular complexity index is 1630. The Kier molecular flexibility index (Phi) is 6.45. The van der Waals surface area contributed by atoms with Crippen LogP contribution in [0.1, 0.15) is 75.6 Å². The Balaban J connectivity index is 1.23. The van der Waals surface area contributed by atoms with Gasteiger partial charge in [0, 0.05) is 30.4 Å². The van der Waals surface area contributed by atoms with Crippen molar-refractivity contribution in [3.05, 3.63) is 48.2 Å². The Morgan fingerprint density at radius 2 is 1.88 bits per heavy atom. The van der Waals surface area contributed by atoms with Crippen LogP contribution in [0.15, 0.2) is 47.6 Å². The van der Waals surface area contributed by atoms with E-state index in [0.29, 0.717) is 47.8 Å². The predicted octanol–water partition coefficient (Wildman–Crippen LogP) is 4.30. The molecule has 2 bridgehead atoms. The van der Waals surface area contributed by atoms with Crippen LogP contribution in [0.25, 0.3) is 5.82 Å². The summed E-state index contributed by atoms with van der Waals surface area (Å²) in [4.78, 5) is 25.0. The van der Waals surface area contributed by atoms with Crippen molar-refractivity contribution in [1.29, 1.82) is 0 Å². The average molecular weight is 592 g/mol. The number of aromatic nitrogens is 4. The van der Waals surface area contributed by atoms with Crippen molar-refractivity contribution >= 4 is 27.6 Å². The molecule has 5 heterocycles. The molecule has 3 fully saturated rings. The summed E-state index contributed by atoms with van der Waals surface area (Å²) in [5, 5.41) is 7.64. The largest absolute Gasteiger partial charge is 0.476 e. The van der Waals surface area contributed by atoms with Crippen molar-refractivity contribution < 1.29 is 17.9 Å². The number of pyridine rings is 2. The first-order valence-corrected chi connectivity index (χ1v) is 16.4. The molecule has 12 heteroatoms. The first-order valence-electron chi connectivity index (χ1n) is 14.9. The molecule has 2 saturated carbocycles. The smallest absolute Gasteiger partial charge is 0.281 e. The first-order chi connectivity index (χ1) is 20.1. The highest BCUT2D eigenvalue weighted by atomic mass is 32.2. The molecule has 222 valence electrons. The summed E-state index contributed by atoms with van der Waals surface area (Å²) in [7, 11) is -4.22. The van der Waals surface area contributed by atoms with Gasteiger partial charge in [-0.05, 0) is 101 Å². The van der Waals surface area contributed by atoms with E-state index in [0.717, 1.165) is 25.7 Å². The lowest BCUT2D eigenvalue weighted by Crippen LogP contribution is -2.45. The zero-order chi connectivity index (χ0) is 29.1. The van der Waals surface area contributed by atoms with E-state index in [-0.39, 0.29) is 22.2 Å². The number of sulfonamides is 1. The molecule has 4 aliphatic rings. The summed E-state index contributed by atoms with van der Waals surface area (Å²) in [5.74, 6) is 1.85. The van der Waals surface area contributed by atoms with Crippen LogP contribution in [-0.4, -0.2) is 58.8 Å². The van der Waals surface area contributed by atoms with E-state index in [2.05, 4.69) is 38.9 Å². The number of hydrogen-bond donors (Lipinski definition) is 2. The molecule has 2 aliphatic heterocycles. The van der Waals surface area contributed by atoms with E-state index in [4.69, 9.17) is 9.72 Å². The highest BCUT2D eigenvalue weighted by molar-refractivity contribution is 7.90. The molecule has 42 heavy (non-hydrogen) atoms. The highest BCUT2D eigenvalue weighted by Crippen LogP contribution is 2.64. The lowest BCUT2D eigenvalue weighted by Gasteiger charge is -2.38. The van der Waals surface area contributed by atoms with Crippen molar-refractivity contribution in [2.24, 2.45) is 11.3 Å². The number of nitrogens with one attached hydrogen (secondary N) is 2. The number of carbonyl (C=O) groups is 1. The van der Waals surface area contributed by atoms with Gasteiger partial charge < -0.3 is 15.0 Å². The fourth-order valence-corrected chi connectivity index (χ4v) is 7.84. The lowest BCUT2D eigenvalue weighted by atomic mass is 9.71. The molecule has 11 nitrogen and oxygen atoms in total. The van der Waals surface area contributed by atoms with Crippen molar-refractivity contribution in [3.63, 3.8) is 0 Å². The SMILES string of the molecule is CC1(C)CCC2CCCNc3cccc(n3)S(=O)(=O)NC(=O)c3ccc(-n4ccc(OCC5CCC56CC6)n4)nc3N21. The number of hydrogen-bond acceptors (Lipinski definition) is 9. The number of ether oxygens (including phenoxy) is 1. The monoisotopic (exact) mass is 591 g/mol. The summed E-state index contributed by atoms with van der Waals surface area (Å²) >= 11 is 0. The van der Waals surface area contributed by atoms with Gasteiger partial charge in [0.2, 0.25) is 5.88 Å². The minimum absolute atomic E-state index is 0.128. The van der Waals surface area contributed by atoms with Gasteiger partial charge in [-0.1, -0.05) is 6.07 Å². The van der Waals surface area contributed by atoms with Crippen LogP contribution in [0, 0.1) is 11.3 Å². The van der Waals surface area contributed by atoms with Crippen LogP contribution in [0.2, 0.25) is 0 Å². The minimum Gasteiger partial charge on any atom is -0.476 e. The molecule has 3 aromatic rings. The van der Waals surface area contributed by atoms with Crippen LogP contribution >= 0.6 is 0 Å². The van der Waals surface area contributed by atoms with Crippen molar-refractivity contribution in [1.82, 2.24) is 24.5 Å². The van der Waals surface area contributed by atoms with Crippen molar-refractivity contribution in [2.75, 3.05) is 23.4 Å². The van der Waals surface area contributed by atoms with E-state index < -0.39 is 15.9 Å². The number of carbonyl (C=O) groups excluding carboxylic acids is 1. The Hall–Kier alpha value is -3.67. The molecular formula is C30H37N7O4S. The molecule has 2 aliphatic carbocycles. The van der Waals surface area contributed by atoms with Crippen molar-refractivity contribution in [3.8, 4) is 11.7 Å². The van der Waals surface area contributed by atoms with E-state index in [1.807, 2.05) is 12.3 Å². The third kappa shape index (κ3) is 4.89. The van der Waals surface area contributed by atoms with Crippen LogP contribution in [0.4, 0.5) is 11.6 Å². The lowest BCUT2D eigenvalue weighted by molar-refractivity contribution is 0.0815. The van der Waals surface area contributed by atoms with Crippen LogP contribution in [-0.2, 0) is 10.0 Å². The minimum atomic E-state index is -4.22. The van der Waals surface area contributed by atoms with E-state index in [1.54, 1.807) is 28.9 Å². The van der Waals surface area contributed by atoms with Gasteiger partial charge in [-0.3, -0.25) is 4.79 Å². The molecule has 2 N–H and O–H groups in total. The van der Waals surface area contributed by atoms with Crippen LogP contribution < -0.4 is 19.7 Å². The third-order valence-corrected chi connectivity index (χ3v) is 10.9. The maximum absolute atomic E-state index is 13.6. The zero-order valence-corrected chi connectivity index (χ0v) is 24.9. The van der Waals surface area contributed by atoms with Gasteiger partial charge in [0.25, 0.3) is 15.9 Å². The van der Waals surface area contributed by atoms with Gasteiger partial charge in [0.1, 0.15) is 11.6 Å². The van der Waals surface area contributed by atoms with E-state index in [9.17, 15) is 13.2 Å². The molecule has 3 aromatic heterocycles. The summed E-state index contributed by atoms with van der Waals surface area (Å²) < 4.78 is 36.3. The highest BCUT2D eigenvalue weighted by Gasteiger charge is 2.55. The maximum atomic E-state index is 13.6. The van der Waals surface area contributed by atoms with Gasteiger partial charge in [-0.25, -0.2) is 19.4 Å². The third-order valence-electron chi connectivity index (χ3n) is 9.67. The Morgan fingerprint density at radius 3 is 2.67 bits per heavy atom. The quantitative estimate of drug-likeness (QED) is 0.456. The van der Waals surface area contributed by atoms with Crippen LogP contribution in [0.3, 0.4) is 0 Å². The van der Waals surface area contributed by atoms with Gasteiger partial charge >= 0.3 is 0 Å². The zero-order valence-electron chi connectivity index (χ0n) is 24.0. The predicted molar refractivity (Wildman–Crippen MR) is 157 cm³/mol. The number of rotatable bonds is 4. The maximum Gasteiger partial charge on any atom is 0.281 e. The number of amides is 1. The molecule has 2 atom stereocenters. The second-order valence-electron chi connectivity index (χ2n) is 12.8. The molecule has 1 spiro atoms. The summed E-state index contributed by atoms with van der Waals surface area (Å²) in [6.07, 6.45) is 10.6. The van der Waals surface area contributed by atoms with Gasteiger partial charge in [-0.15, -0.1) is 5.10 Å². The fourth-order valence-electron chi connectivity index (χ4n) is 6.90. The molecule has 7 rings (SSSR count). The second-order valence-corrected chi connectivity index (χ2v) is 14.4. The molecule has 0 radical (unpaired) electrons. The van der Waals surface area contributed by atoms with Gasteiger partial charge in [-0.2, -0.15) is 8.42 Å². The molecular weight excluding hydrogens is 554 g/mol. The summed E-state index contributed by atoms with van der Waals surface area (Å²) in [6.45, 7) is 5.61. The second kappa shape index (κ2) is 9.96. The normalized spacial score (nSPS) is 25.3. The fraction of sp³-hybridized carbons (Fsp3) is 0.533. The topological polar surface area (TPSA) is 131 Å². The Labute approximate surface area is 246 Å². The average Bonchev–Trinajstić information content (AvgIpc) is 3.57. The number of nitrogens with zero attached hydrogens (tertiary/aromatic N) is 5. The molecule has 1 amide bonds.